The molecule has 1 aliphatic carbocycles. The number of aliphatic hydroxyl groups excluding tert-OH is 1. The fourth-order valence-corrected chi connectivity index (χ4v) is 5.26. The molecule has 0 aromatic rings. The minimum Gasteiger partial charge on any atom is -0.413 e. The molecular weight excluding hydrogens is 332 g/mol. The van der Waals surface area contributed by atoms with Gasteiger partial charge in [0, 0.05) is 12.3 Å². The van der Waals surface area contributed by atoms with Crippen molar-refractivity contribution >= 4 is 16.6 Å². The summed E-state index contributed by atoms with van der Waals surface area (Å²) in [4.78, 5) is 0. The van der Waals surface area contributed by atoms with E-state index in [9.17, 15) is 5.11 Å². The van der Waals surface area contributed by atoms with E-state index in [1.165, 1.54) is 0 Å². The first-order chi connectivity index (χ1) is 10.5. The van der Waals surface area contributed by atoms with Gasteiger partial charge in [-0.3, -0.25) is 0 Å². The normalized spacial score (nSPS) is 27.0. The van der Waals surface area contributed by atoms with Crippen molar-refractivity contribution in [1.82, 2.24) is 0 Å². The van der Waals surface area contributed by atoms with Crippen LogP contribution >= 0.6 is 0 Å². The molecule has 3 nitrogen and oxygen atoms in total. The predicted octanol–water partition coefficient (Wildman–Crippen LogP) is 5.34. The van der Waals surface area contributed by atoms with Crippen molar-refractivity contribution in [2.45, 2.75) is 96.4 Å². The highest BCUT2D eigenvalue weighted by Gasteiger charge is 2.48. The number of hydrogen-bond acceptors (Lipinski definition) is 3. The van der Waals surface area contributed by atoms with Gasteiger partial charge in [-0.05, 0) is 41.8 Å². The van der Waals surface area contributed by atoms with Gasteiger partial charge in [-0.15, -0.1) is 0 Å². The molecule has 1 rings (SSSR count). The van der Waals surface area contributed by atoms with E-state index in [1.807, 2.05) is 0 Å². The van der Waals surface area contributed by atoms with Crippen LogP contribution in [0, 0.1) is 5.92 Å². The lowest BCUT2D eigenvalue weighted by Gasteiger charge is -2.40. The molecule has 0 radical (unpaired) electrons. The Hall–Kier alpha value is 0.0538. The van der Waals surface area contributed by atoms with Gasteiger partial charge in [-0.1, -0.05) is 48.1 Å². The van der Waals surface area contributed by atoms with Crippen LogP contribution in [0.25, 0.3) is 0 Å². The van der Waals surface area contributed by atoms with Crippen molar-refractivity contribution in [3.05, 3.63) is 12.2 Å². The van der Waals surface area contributed by atoms with E-state index in [0.29, 0.717) is 0 Å². The molecule has 0 bridgehead atoms. The zero-order valence-electron chi connectivity index (χ0n) is 17.6. The zero-order chi connectivity index (χ0) is 19.1. The Morgan fingerprint density at radius 2 is 1.38 bits per heavy atom. The first-order valence-corrected chi connectivity index (χ1v) is 15.0. The molecule has 0 aromatic carbocycles. The second-order valence-electron chi connectivity index (χ2n) is 10.4. The Balaban J connectivity index is 2.95. The lowest BCUT2D eigenvalue weighted by Crippen LogP contribution is -2.45. The molecule has 1 fully saturated rings. The highest BCUT2D eigenvalue weighted by molar-refractivity contribution is 6.74. The smallest absolute Gasteiger partial charge is 0.192 e. The highest BCUT2D eigenvalue weighted by atomic mass is 28.4. The van der Waals surface area contributed by atoms with Crippen molar-refractivity contribution in [3.8, 4) is 0 Å². The molecule has 24 heavy (non-hydrogen) atoms. The van der Waals surface area contributed by atoms with Gasteiger partial charge in [-0.2, -0.15) is 0 Å². The Morgan fingerprint density at radius 3 is 1.75 bits per heavy atom. The maximum Gasteiger partial charge on any atom is 0.192 e. The molecular formula is C19H40O3Si2. The van der Waals surface area contributed by atoms with E-state index in [1.54, 1.807) is 0 Å². The quantitative estimate of drug-likeness (QED) is 0.523. The maximum absolute atomic E-state index is 9.91. The van der Waals surface area contributed by atoms with Gasteiger partial charge in [0.25, 0.3) is 0 Å². The monoisotopic (exact) mass is 372 g/mol. The van der Waals surface area contributed by atoms with Crippen molar-refractivity contribution in [2.24, 2.45) is 5.92 Å². The molecule has 1 aliphatic rings. The lowest BCUT2D eigenvalue weighted by molar-refractivity contribution is 0.102. The van der Waals surface area contributed by atoms with Crippen LogP contribution in [-0.4, -0.2) is 40.6 Å². The van der Waals surface area contributed by atoms with E-state index in [-0.39, 0.29) is 34.8 Å². The van der Waals surface area contributed by atoms with E-state index >= 15 is 0 Å². The van der Waals surface area contributed by atoms with Crippen LogP contribution in [0.1, 0.15) is 48.0 Å². The zero-order valence-corrected chi connectivity index (χ0v) is 19.6. The summed E-state index contributed by atoms with van der Waals surface area (Å²) in [5.41, 5.74) is 1.02. The third-order valence-electron chi connectivity index (χ3n) is 6.48. The standard InChI is InChI=1S/C19H40O3Si2/c1-14-15(13-20)17(22-24(10,11)19(5,6)7)12-16(14)21-23(8,9)18(2,3)4/h15-17,20H,1,12-13H2,2-11H3/t15-,16+,17-/m0/s1. The third-order valence-corrected chi connectivity index (χ3v) is 15.5. The van der Waals surface area contributed by atoms with E-state index in [2.05, 4.69) is 74.3 Å². The summed E-state index contributed by atoms with van der Waals surface area (Å²) in [6.07, 6.45) is 0.860. The summed E-state index contributed by atoms with van der Waals surface area (Å²) in [5.74, 6) is -0.00565. The van der Waals surface area contributed by atoms with Gasteiger partial charge in [0.1, 0.15) is 0 Å². The Kier molecular flexibility index (Phi) is 6.43. The third kappa shape index (κ3) is 4.61. The molecule has 0 heterocycles. The number of aliphatic hydroxyl groups is 1. The average molecular weight is 373 g/mol. The maximum atomic E-state index is 9.91. The minimum atomic E-state index is -1.88. The molecule has 0 spiro atoms. The summed E-state index contributed by atoms with van der Waals surface area (Å²) < 4.78 is 13.2. The minimum absolute atomic E-state index is 0.00565. The summed E-state index contributed by atoms with van der Waals surface area (Å²) >= 11 is 0. The molecule has 0 amide bonds. The molecule has 0 aliphatic heterocycles. The van der Waals surface area contributed by atoms with Gasteiger partial charge in [-0.25, -0.2) is 0 Å². The second-order valence-corrected chi connectivity index (χ2v) is 19.9. The van der Waals surface area contributed by atoms with E-state index < -0.39 is 16.6 Å². The average Bonchev–Trinajstić information content (AvgIpc) is 2.61. The molecule has 3 atom stereocenters. The predicted molar refractivity (Wildman–Crippen MR) is 108 cm³/mol. The Morgan fingerprint density at radius 1 is 0.958 bits per heavy atom. The van der Waals surface area contributed by atoms with Crippen LogP contribution in [0.2, 0.25) is 36.3 Å². The topological polar surface area (TPSA) is 38.7 Å². The summed E-state index contributed by atoms with van der Waals surface area (Å²) in [5, 5.41) is 10.2. The van der Waals surface area contributed by atoms with E-state index in [0.717, 1.165) is 12.0 Å². The number of hydrogen-bond donors (Lipinski definition) is 1. The lowest BCUT2D eigenvalue weighted by atomic mass is 10.0. The van der Waals surface area contributed by atoms with Crippen molar-refractivity contribution < 1.29 is 14.0 Å². The fraction of sp³-hybridized carbons (Fsp3) is 0.895. The van der Waals surface area contributed by atoms with Crippen molar-refractivity contribution in [3.63, 3.8) is 0 Å². The fourth-order valence-electron chi connectivity index (χ4n) is 2.58. The summed E-state index contributed by atoms with van der Waals surface area (Å²) in [7, 11) is -3.74. The molecule has 142 valence electrons. The molecule has 0 saturated heterocycles. The SMILES string of the molecule is C=C1[C@H](O[Si](C)(C)C(C)(C)C)C[C@H](O[Si](C)(C)C(C)(C)C)[C@H]1CO. The van der Waals surface area contributed by atoms with Gasteiger partial charge >= 0.3 is 0 Å². The van der Waals surface area contributed by atoms with Gasteiger partial charge in [0.2, 0.25) is 0 Å². The summed E-state index contributed by atoms with van der Waals surface area (Å²) in [6, 6.07) is 0. The molecule has 1 saturated carbocycles. The molecule has 5 heteroatoms. The molecule has 1 N–H and O–H groups in total. The Labute approximate surface area is 152 Å². The van der Waals surface area contributed by atoms with Crippen LogP contribution in [0.4, 0.5) is 0 Å². The van der Waals surface area contributed by atoms with E-state index in [4.69, 9.17) is 8.85 Å². The van der Waals surface area contributed by atoms with Gasteiger partial charge in [0.05, 0.1) is 18.8 Å². The van der Waals surface area contributed by atoms with Crippen LogP contribution in [-0.2, 0) is 8.85 Å². The Bertz CT molecular complexity index is 458. The van der Waals surface area contributed by atoms with Crippen LogP contribution in [0.5, 0.6) is 0 Å². The van der Waals surface area contributed by atoms with Gasteiger partial charge in [0.15, 0.2) is 16.6 Å². The van der Waals surface area contributed by atoms with Crippen molar-refractivity contribution in [1.29, 1.82) is 0 Å². The molecule has 0 unspecified atom stereocenters. The first-order valence-electron chi connectivity index (χ1n) is 9.18. The van der Waals surface area contributed by atoms with Crippen molar-refractivity contribution in [2.75, 3.05) is 6.61 Å². The first kappa shape index (κ1) is 22.1. The number of rotatable bonds is 5. The van der Waals surface area contributed by atoms with Crippen LogP contribution in [0.15, 0.2) is 12.2 Å². The largest absolute Gasteiger partial charge is 0.413 e. The molecule has 0 aromatic heterocycles. The highest BCUT2D eigenvalue weighted by Crippen LogP contribution is 2.45. The summed E-state index contributed by atoms with van der Waals surface area (Å²) in [6.45, 7) is 27.0. The van der Waals surface area contributed by atoms with Crippen LogP contribution < -0.4 is 0 Å². The second kappa shape index (κ2) is 6.99. The van der Waals surface area contributed by atoms with Crippen LogP contribution in [0.3, 0.4) is 0 Å². The van der Waals surface area contributed by atoms with Gasteiger partial charge < -0.3 is 14.0 Å².